The van der Waals surface area contributed by atoms with E-state index in [-0.39, 0.29) is 5.56 Å². The lowest BCUT2D eigenvalue weighted by Gasteiger charge is -2.41. The fourth-order valence-corrected chi connectivity index (χ4v) is 7.39. The molecule has 2 bridgehead atoms. The molecule has 1 N–H and O–H groups in total. The smallest absolute Gasteiger partial charge is 0.257 e. The zero-order valence-electron chi connectivity index (χ0n) is 18.1. The van der Waals surface area contributed by atoms with Gasteiger partial charge in [-0.15, -0.1) is 0 Å². The number of thiazole rings is 2. The summed E-state index contributed by atoms with van der Waals surface area (Å²) in [7, 11) is 2.17. The van der Waals surface area contributed by atoms with Crippen LogP contribution >= 0.6 is 22.7 Å². The Hall–Kier alpha value is -2.56. The van der Waals surface area contributed by atoms with E-state index in [1.54, 1.807) is 40.6 Å². The normalized spacial score (nSPS) is 23.2. The number of aromatic amines is 1. The summed E-state index contributed by atoms with van der Waals surface area (Å²) in [5, 5.41) is 8.41. The molecule has 166 valence electrons. The quantitative estimate of drug-likeness (QED) is 0.481. The van der Waals surface area contributed by atoms with Crippen molar-refractivity contribution < 1.29 is 0 Å². The fraction of sp³-hybridized carbons (Fsp3) is 0.455. The van der Waals surface area contributed by atoms with Crippen molar-refractivity contribution in [1.82, 2.24) is 29.6 Å². The van der Waals surface area contributed by atoms with Gasteiger partial charge in [0.25, 0.3) is 5.56 Å². The molecule has 0 aliphatic carbocycles. The van der Waals surface area contributed by atoms with Crippen molar-refractivity contribution >= 4 is 37.5 Å². The first kappa shape index (κ1) is 20.1. The second-order valence-electron chi connectivity index (χ2n) is 8.67. The molecule has 0 spiro atoms. The third-order valence-electron chi connectivity index (χ3n) is 6.98. The number of pyridine rings is 1. The maximum absolute atomic E-state index is 12.7. The predicted octanol–water partition coefficient (Wildman–Crippen LogP) is 3.75. The number of anilines is 1. The minimum absolute atomic E-state index is 0.111. The molecule has 0 aromatic carbocycles. The second kappa shape index (κ2) is 7.79. The molecule has 0 amide bonds. The summed E-state index contributed by atoms with van der Waals surface area (Å²) in [4.78, 5) is 29.2. The minimum Gasteiger partial charge on any atom is -0.348 e. The van der Waals surface area contributed by atoms with E-state index in [2.05, 4.69) is 34.0 Å². The molecule has 32 heavy (non-hydrogen) atoms. The molecule has 4 aromatic rings. The number of hydrogen-bond acceptors (Lipinski definition) is 8. The first-order valence-corrected chi connectivity index (χ1v) is 12.7. The Bertz CT molecular complexity index is 1260. The first-order chi connectivity index (χ1) is 15.6. The summed E-state index contributed by atoms with van der Waals surface area (Å²) in [5.41, 5.74) is 1.62. The highest BCUT2D eigenvalue weighted by atomic mass is 32.1. The summed E-state index contributed by atoms with van der Waals surface area (Å²) < 4.78 is 1.59. The van der Waals surface area contributed by atoms with Gasteiger partial charge in [0.05, 0.1) is 6.20 Å². The van der Waals surface area contributed by atoms with Crippen molar-refractivity contribution in [3.8, 4) is 16.3 Å². The highest BCUT2D eigenvalue weighted by Crippen LogP contribution is 2.40. The third kappa shape index (κ3) is 3.28. The van der Waals surface area contributed by atoms with Crippen LogP contribution in [0.5, 0.6) is 0 Å². The topological polar surface area (TPSA) is 82.9 Å². The number of fused-ring (bicyclic) bond motifs is 3. The third-order valence-corrected chi connectivity index (χ3v) is 9.10. The number of hydrogen-bond donors (Lipinski definition) is 1. The van der Waals surface area contributed by atoms with Crippen molar-refractivity contribution in [3.05, 3.63) is 41.1 Å². The van der Waals surface area contributed by atoms with Gasteiger partial charge < -0.3 is 4.90 Å². The Morgan fingerprint density at radius 2 is 1.94 bits per heavy atom. The Morgan fingerprint density at radius 1 is 1.16 bits per heavy atom. The maximum Gasteiger partial charge on any atom is 0.257 e. The summed E-state index contributed by atoms with van der Waals surface area (Å²) >= 11 is 3.09. The van der Waals surface area contributed by atoms with Crippen molar-refractivity contribution in [2.45, 2.75) is 50.7 Å². The average molecular weight is 468 g/mol. The molecule has 2 saturated heterocycles. The van der Waals surface area contributed by atoms with E-state index in [4.69, 9.17) is 9.97 Å². The van der Waals surface area contributed by atoms with Gasteiger partial charge in [0.2, 0.25) is 0 Å². The minimum atomic E-state index is -0.111. The van der Waals surface area contributed by atoms with E-state index >= 15 is 0 Å². The van der Waals surface area contributed by atoms with Gasteiger partial charge in [0.15, 0.2) is 19.9 Å². The number of rotatable bonds is 5. The average Bonchev–Trinajstić information content (AvgIpc) is 3.56. The van der Waals surface area contributed by atoms with Gasteiger partial charge in [-0.1, -0.05) is 29.6 Å². The number of H-pyrrole nitrogens is 1. The summed E-state index contributed by atoms with van der Waals surface area (Å²) in [6.45, 7) is 3.44. The van der Waals surface area contributed by atoms with Crippen LogP contribution in [0.4, 0.5) is 5.13 Å². The number of aromatic nitrogens is 5. The zero-order chi connectivity index (χ0) is 21.8. The van der Waals surface area contributed by atoms with E-state index in [0.29, 0.717) is 23.3 Å². The lowest BCUT2D eigenvalue weighted by Crippen LogP contribution is -2.49. The molecule has 0 saturated carbocycles. The number of nitrogens with one attached hydrogen (secondary N) is 1. The molecule has 4 aromatic heterocycles. The molecule has 1 unspecified atom stereocenters. The molecule has 2 fully saturated rings. The lowest BCUT2D eigenvalue weighted by molar-refractivity contribution is 0.134. The van der Waals surface area contributed by atoms with Crippen LogP contribution < -0.4 is 10.5 Å². The molecule has 6 heterocycles. The van der Waals surface area contributed by atoms with Gasteiger partial charge in [-0.3, -0.25) is 19.4 Å². The van der Waals surface area contributed by atoms with Crippen LogP contribution in [-0.2, 0) is 0 Å². The van der Waals surface area contributed by atoms with Crippen molar-refractivity contribution in [1.29, 1.82) is 0 Å². The maximum atomic E-state index is 12.7. The van der Waals surface area contributed by atoms with Crippen LogP contribution in [0.25, 0.3) is 25.9 Å². The molecular formula is C22H25N7OS2. The van der Waals surface area contributed by atoms with Gasteiger partial charge in [0, 0.05) is 49.2 Å². The van der Waals surface area contributed by atoms with E-state index in [9.17, 15) is 4.79 Å². The molecule has 3 atom stereocenters. The van der Waals surface area contributed by atoms with Crippen molar-refractivity contribution in [2.75, 3.05) is 18.5 Å². The SMILES string of the molecule is CCN1[C@@H]2CC[C@H]1CC(N(C)c1nc3sc(-n4ccc(-c5cn[nH]c5)cc4=O)nc3s1)C2. The highest BCUT2D eigenvalue weighted by molar-refractivity contribution is 7.29. The van der Waals surface area contributed by atoms with Crippen molar-refractivity contribution in [3.63, 3.8) is 0 Å². The highest BCUT2D eigenvalue weighted by Gasteiger charge is 2.41. The van der Waals surface area contributed by atoms with E-state index < -0.39 is 0 Å². The Morgan fingerprint density at radius 3 is 2.59 bits per heavy atom. The van der Waals surface area contributed by atoms with Gasteiger partial charge >= 0.3 is 0 Å². The van der Waals surface area contributed by atoms with Crippen LogP contribution in [0.15, 0.2) is 35.5 Å². The van der Waals surface area contributed by atoms with Crippen molar-refractivity contribution in [2.24, 2.45) is 0 Å². The molecule has 8 nitrogen and oxygen atoms in total. The molecule has 6 rings (SSSR count). The number of piperidine rings is 1. The van der Waals surface area contributed by atoms with Crippen LogP contribution in [-0.4, -0.2) is 61.4 Å². The van der Waals surface area contributed by atoms with E-state index in [0.717, 1.165) is 32.5 Å². The predicted molar refractivity (Wildman–Crippen MR) is 129 cm³/mol. The second-order valence-corrected chi connectivity index (χ2v) is 10.6. The number of nitrogens with zero attached hydrogens (tertiary/aromatic N) is 6. The van der Waals surface area contributed by atoms with Gasteiger partial charge in [-0.05, 0) is 43.9 Å². The van der Waals surface area contributed by atoms with Gasteiger partial charge in [0.1, 0.15) is 0 Å². The van der Waals surface area contributed by atoms with Crippen LogP contribution in [0, 0.1) is 0 Å². The summed E-state index contributed by atoms with van der Waals surface area (Å²) in [6.07, 6.45) is 10.3. The molecule has 10 heteroatoms. The summed E-state index contributed by atoms with van der Waals surface area (Å²) in [5.74, 6) is 0. The molecule has 2 aliphatic rings. The van der Waals surface area contributed by atoms with Gasteiger partial charge in [-0.25, -0.2) is 9.97 Å². The lowest BCUT2D eigenvalue weighted by atomic mass is 9.96. The summed E-state index contributed by atoms with van der Waals surface area (Å²) in [6, 6.07) is 5.49. The Kier molecular flexibility index (Phi) is 4.89. The van der Waals surface area contributed by atoms with Crippen LogP contribution in [0.3, 0.4) is 0 Å². The van der Waals surface area contributed by atoms with E-state index in [1.165, 1.54) is 37.0 Å². The van der Waals surface area contributed by atoms with Crippen LogP contribution in [0.1, 0.15) is 32.6 Å². The molecular weight excluding hydrogens is 442 g/mol. The van der Waals surface area contributed by atoms with Crippen LogP contribution in [0.2, 0.25) is 0 Å². The Labute approximate surface area is 193 Å². The molecule has 2 aliphatic heterocycles. The fourth-order valence-electron chi connectivity index (χ4n) is 5.33. The first-order valence-electron chi connectivity index (χ1n) is 11.1. The molecule has 0 radical (unpaired) electrons. The standard InChI is InChI=1S/C22H25N7OS2/c1-3-28-15-4-5-16(28)10-17(9-15)27(2)21-25-19-20(31-21)26-22(32-19)29-7-6-13(8-18(29)30)14-11-23-24-12-14/h6-8,11-12,15-17H,3-5,9-10H2,1-2H3,(H,23,24)/t15-,16+,17?. The monoisotopic (exact) mass is 467 g/mol. The Balaban J connectivity index is 1.24. The van der Waals surface area contributed by atoms with Gasteiger partial charge in [-0.2, -0.15) is 5.10 Å². The zero-order valence-corrected chi connectivity index (χ0v) is 19.7. The van der Waals surface area contributed by atoms with E-state index in [1.807, 2.05) is 6.07 Å². The largest absolute Gasteiger partial charge is 0.348 e.